The Kier molecular flexibility index (Phi) is 41.8. The van der Waals surface area contributed by atoms with E-state index in [1.165, 1.54) is 28.3 Å². The molecule has 0 atom stereocenters. The molecule has 3 aliphatic heterocycles. The number of piperazine rings is 2. The zero-order valence-electron chi connectivity index (χ0n) is 60.3. The van der Waals surface area contributed by atoms with Crippen LogP contribution in [-0.4, -0.2) is 266 Å². The van der Waals surface area contributed by atoms with Crippen molar-refractivity contribution >= 4 is 47.3 Å². The lowest BCUT2D eigenvalue weighted by molar-refractivity contribution is -0.760. The van der Waals surface area contributed by atoms with Gasteiger partial charge in [0.05, 0.1) is 91.2 Å². The van der Waals surface area contributed by atoms with Gasteiger partial charge in [-0.2, -0.15) is 15.0 Å². The van der Waals surface area contributed by atoms with E-state index in [1.54, 1.807) is 90.1 Å². The van der Waals surface area contributed by atoms with Crippen molar-refractivity contribution in [2.24, 2.45) is 20.9 Å². The first-order valence-electron chi connectivity index (χ1n) is 33.5. The van der Waals surface area contributed by atoms with Crippen molar-refractivity contribution in [2.75, 3.05) is 180 Å². The van der Waals surface area contributed by atoms with Gasteiger partial charge in [-0.05, 0) is 88.5 Å². The Hall–Kier alpha value is -12.7. The third kappa shape index (κ3) is 39.8. The highest BCUT2D eigenvalue weighted by atomic mass is 17.0. The first kappa shape index (κ1) is 88.7. The Morgan fingerprint density at radius 2 is 0.908 bits per heavy atom. The molecule has 6 aromatic heterocycles. The van der Waals surface area contributed by atoms with Gasteiger partial charge in [0.25, 0.3) is 55.8 Å². The maximum atomic E-state index is 11.9. The van der Waals surface area contributed by atoms with Gasteiger partial charge in [0.2, 0.25) is 15.8 Å². The number of hydrogen-bond acceptors (Lipinski definition) is 40. The quantitative estimate of drug-likeness (QED) is 0.00969. The number of nitrogens with zero attached hydrogens (tertiary/aromatic N) is 23. The number of carbonyl (C=O) groups excluding carboxylic acids is 2. The molecule has 0 aliphatic carbocycles. The number of aromatic nitrogens is 9. The van der Waals surface area contributed by atoms with E-state index in [0.29, 0.717) is 87.7 Å². The molecule has 0 aromatic carbocycles. The Labute approximate surface area is 620 Å². The van der Waals surface area contributed by atoms with Crippen LogP contribution in [0.3, 0.4) is 0 Å². The molecule has 2 amide bonds. The molecule has 50 nitrogen and oxygen atoms in total. The molecule has 50 heteroatoms. The molecule has 109 heavy (non-hydrogen) atoms. The third-order valence-corrected chi connectivity index (χ3v) is 14.1. The van der Waals surface area contributed by atoms with Crippen LogP contribution in [0.2, 0.25) is 0 Å². The van der Waals surface area contributed by atoms with Crippen LogP contribution in [0.15, 0.2) is 121 Å². The number of morpholine rings is 1. The fourth-order valence-electron chi connectivity index (χ4n) is 8.66. The van der Waals surface area contributed by atoms with Crippen molar-refractivity contribution in [1.82, 2.24) is 56.1 Å². The van der Waals surface area contributed by atoms with Crippen molar-refractivity contribution < 1.29 is 112 Å². The number of aliphatic imine (C=N–C) groups is 3. The molecular weight excluding hydrogens is 1460 g/mol. The predicted molar refractivity (Wildman–Crippen MR) is 364 cm³/mol. The summed E-state index contributed by atoms with van der Waals surface area (Å²) in [5.74, 6) is -0.172. The van der Waals surface area contributed by atoms with Crippen LogP contribution < -0.4 is 55.4 Å². The largest absolute Gasteiger partial charge is 0.862 e. The van der Waals surface area contributed by atoms with Crippen LogP contribution in [0.1, 0.15) is 72.7 Å². The Morgan fingerprint density at radius 1 is 0.532 bits per heavy atom. The molecule has 0 saturated carbocycles. The van der Waals surface area contributed by atoms with Gasteiger partial charge in [0, 0.05) is 108 Å². The standard InChI is InChI=1S/C12H13N5O3.C12H21N5O2.C10H17N5O3.C10H13N3O4.C9H11N3O4.C6H12N4O9/c18-12(10-2-1-3-13-8-10)14-11-9-17(15-20-11)16-4-6-19-7-5-16;1-10(2)8-11(18)13-12-9-17(14-19-12)16-6-4-15(3)5-7-16;1-3-17-10(16)11-9-8-15(12-18-9)14-6-4-13(2)5-7-14;14-10(9-4-3-5-11-8-9)12-6-1-2-7-17-13(15)16;13-9(8-3-1-4-10-7-8)11-5-2-6-16-12(14)15;11-8(12)17-4-1-7(2-5-18-9(13)14)3-6-19-10(15)16/h1-3,8-9H,4-7H2;9-10H,4-8H2,1-3H3;8H,3-7H2,1-2H3;3-5,8H,1-2,6-7H2,(H,12,14);1,3-4,7H,2,5-6H2,(H,11,13);1-6H2. The molecule has 0 radical (unpaired) electrons. The Bertz CT molecular complexity index is 3650. The Balaban J connectivity index is 0.000000277. The lowest BCUT2D eigenvalue weighted by atomic mass is 10.1. The van der Waals surface area contributed by atoms with Gasteiger partial charge in [-0.1, -0.05) is 26.8 Å². The number of ether oxygens (including phenoxy) is 2. The third-order valence-electron chi connectivity index (χ3n) is 14.1. The first-order valence-corrected chi connectivity index (χ1v) is 33.5. The maximum Gasteiger partial charge on any atom is 0.326 e. The molecule has 598 valence electrons. The number of likely N-dealkylation sites (N-methyl/N-ethyl adjacent to an activating group) is 2. The molecule has 9 rings (SSSR count). The van der Waals surface area contributed by atoms with Crippen molar-refractivity contribution in [1.29, 1.82) is 0 Å². The molecule has 0 spiro atoms. The van der Waals surface area contributed by atoms with E-state index in [-0.39, 0.29) is 94.6 Å². The normalized spacial score (nSPS) is 13.8. The van der Waals surface area contributed by atoms with E-state index in [4.69, 9.17) is 23.0 Å². The van der Waals surface area contributed by atoms with E-state index in [1.807, 2.05) is 23.9 Å². The van der Waals surface area contributed by atoms with Crippen LogP contribution >= 0.6 is 0 Å². The fourth-order valence-corrected chi connectivity index (χ4v) is 8.66. The highest BCUT2D eigenvalue weighted by molar-refractivity contribution is 5.94. The van der Waals surface area contributed by atoms with Crippen LogP contribution in [-0.2, 0) is 33.7 Å². The van der Waals surface area contributed by atoms with Crippen molar-refractivity contribution in [3.8, 4) is 0 Å². The highest BCUT2D eigenvalue weighted by Gasteiger charge is 2.27. The average Bonchev–Trinajstić information content (AvgIpc) is 1.74. The van der Waals surface area contributed by atoms with Gasteiger partial charge in [0.1, 0.15) is 19.8 Å². The minimum atomic E-state index is -0.987. The smallest absolute Gasteiger partial charge is 0.326 e. The second kappa shape index (κ2) is 51.4. The number of carbonyl (C=O) groups is 2. The number of nitrogens with one attached hydrogen (secondary N) is 2. The molecule has 3 fully saturated rings. The van der Waals surface area contributed by atoms with Gasteiger partial charge < -0.3 is 69.4 Å². The lowest BCUT2D eigenvalue weighted by Gasteiger charge is -2.26. The molecule has 0 bridgehead atoms. The van der Waals surface area contributed by atoms with Crippen LogP contribution in [0.4, 0.5) is 17.7 Å². The van der Waals surface area contributed by atoms with Crippen LogP contribution in [0.25, 0.3) is 0 Å². The van der Waals surface area contributed by atoms with Gasteiger partial charge in [0.15, 0.2) is 6.08 Å². The van der Waals surface area contributed by atoms with E-state index in [0.717, 1.165) is 52.4 Å². The zero-order valence-corrected chi connectivity index (χ0v) is 60.3. The monoisotopic (exact) mass is 1550 g/mol. The van der Waals surface area contributed by atoms with Crippen molar-refractivity contribution in [3.05, 3.63) is 159 Å². The summed E-state index contributed by atoms with van der Waals surface area (Å²) in [5.41, 5.74) is 1.36. The number of amides is 2. The number of hydrogen-bond donors (Lipinski definition) is 2. The molecule has 6 aromatic rings. The summed E-state index contributed by atoms with van der Waals surface area (Å²) in [6.45, 7) is 16.2. The SMILES string of the molecule is CC(C)CC([O-])=Nc1c[n+](N2CCN(C)CC2)no1.CCOC([O-])=Nc1c[n+](N2CCN(C)CC2)no1.O=C(NCCCCO[N+](=O)[O-])c1cccnc1.O=C(NCCCO[N+](=O)[O-])c1cccnc1.O=[N+]([O-])OCCN(CCO[N+](=O)[O-])CCO[N+](=O)[O-].[O-]C(=Nc1c[n+](N2CCOCC2)no1)c1cccnc1. The average molecular weight is 1550 g/mol. The number of unbranched alkanes of at least 4 members (excludes halogenated alkanes) is 1. The van der Waals surface area contributed by atoms with Crippen LogP contribution in [0.5, 0.6) is 0 Å². The summed E-state index contributed by atoms with van der Waals surface area (Å²) in [6, 6.07) is 9.96. The molecular formula is C59H87N25O25. The fraction of sp³-hybridized carbons (Fsp3) is 0.559. The van der Waals surface area contributed by atoms with Gasteiger partial charge in [-0.3, -0.25) is 43.0 Å². The van der Waals surface area contributed by atoms with E-state index >= 15 is 0 Å². The van der Waals surface area contributed by atoms with Crippen LogP contribution in [0, 0.1) is 56.5 Å². The molecule has 2 N–H and O–H groups in total. The van der Waals surface area contributed by atoms with E-state index in [9.17, 15) is 75.5 Å². The van der Waals surface area contributed by atoms with Gasteiger partial charge in [-0.15, -0.1) is 55.6 Å². The lowest BCUT2D eigenvalue weighted by Crippen LogP contribution is -2.64. The van der Waals surface area contributed by atoms with E-state index in [2.05, 4.69) is 109 Å². The summed E-state index contributed by atoms with van der Waals surface area (Å²) in [4.78, 5) is 126. The van der Waals surface area contributed by atoms with E-state index < -0.39 is 37.4 Å². The first-order chi connectivity index (χ1) is 52.4. The second-order valence-corrected chi connectivity index (χ2v) is 22.7. The molecule has 9 heterocycles. The van der Waals surface area contributed by atoms with Crippen molar-refractivity contribution in [3.63, 3.8) is 0 Å². The minimum absolute atomic E-state index is 0.0275. The molecule has 3 aliphatic rings. The van der Waals surface area contributed by atoms with Gasteiger partial charge in [-0.25, -0.2) is 9.98 Å². The number of pyridine rings is 3. The molecule has 3 saturated heterocycles. The number of rotatable bonds is 35. The summed E-state index contributed by atoms with van der Waals surface area (Å²) >= 11 is 0. The second-order valence-electron chi connectivity index (χ2n) is 22.7. The van der Waals surface area contributed by atoms with Gasteiger partial charge >= 0.3 is 17.7 Å². The topological polar surface area (TPSA) is 593 Å². The summed E-state index contributed by atoms with van der Waals surface area (Å²) in [6.07, 6.45) is 15.2. The summed E-state index contributed by atoms with van der Waals surface area (Å²) in [5, 5.41) is 102. The Morgan fingerprint density at radius 3 is 1.30 bits per heavy atom. The van der Waals surface area contributed by atoms with Crippen molar-refractivity contribution in [2.45, 2.75) is 46.5 Å². The highest BCUT2D eigenvalue weighted by Crippen LogP contribution is 2.12. The summed E-state index contributed by atoms with van der Waals surface area (Å²) < 4.78 is 25.0. The zero-order chi connectivity index (χ0) is 79.6. The summed E-state index contributed by atoms with van der Waals surface area (Å²) in [7, 11) is 4.17. The minimum Gasteiger partial charge on any atom is -0.862 e. The predicted octanol–water partition coefficient (Wildman–Crippen LogP) is -3.60. The molecule has 0 unspecified atom stereocenters. The maximum absolute atomic E-state index is 11.9.